The van der Waals surface area contributed by atoms with Gasteiger partial charge in [0.25, 0.3) is 0 Å². The molecule has 1 fully saturated rings. The predicted molar refractivity (Wildman–Crippen MR) is 94.6 cm³/mol. The number of methoxy groups -OCH3 is 1. The van der Waals surface area contributed by atoms with Gasteiger partial charge in [0.1, 0.15) is 6.61 Å². The van der Waals surface area contributed by atoms with Gasteiger partial charge in [0.2, 0.25) is 0 Å². The molecule has 5 nitrogen and oxygen atoms in total. The van der Waals surface area contributed by atoms with Crippen LogP contribution in [0.2, 0.25) is 0 Å². The number of hydrogen-bond acceptors (Lipinski definition) is 5. The van der Waals surface area contributed by atoms with Crippen molar-refractivity contribution in [2.24, 2.45) is 0 Å². The molecule has 1 heterocycles. The summed E-state index contributed by atoms with van der Waals surface area (Å²) in [7, 11) is 1.66. The number of likely N-dealkylation sites (tertiary alicyclic amines) is 1. The van der Waals surface area contributed by atoms with Gasteiger partial charge in [-0.15, -0.1) is 12.4 Å². The number of nitrogens with one attached hydrogen (secondary N) is 1. The summed E-state index contributed by atoms with van der Waals surface area (Å²) in [5, 5.41) is 3.20. The molecule has 23 heavy (non-hydrogen) atoms. The normalized spacial score (nSPS) is 14.8. The van der Waals surface area contributed by atoms with Gasteiger partial charge in [-0.1, -0.05) is 18.6 Å². The number of para-hydroxylation sites is 1. The van der Waals surface area contributed by atoms with Crippen LogP contribution in [0.1, 0.15) is 29.6 Å². The monoisotopic (exact) mass is 342 g/mol. The number of nitrogens with zero attached hydrogens (tertiary/aromatic N) is 1. The van der Waals surface area contributed by atoms with Crippen LogP contribution in [0.4, 0.5) is 5.69 Å². The summed E-state index contributed by atoms with van der Waals surface area (Å²) in [5.41, 5.74) is 1.37. The number of ether oxygens (including phenoxy) is 2. The molecule has 1 N–H and O–H groups in total. The molecule has 2 rings (SSSR count). The lowest BCUT2D eigenvalue weighted by Gasteiger charge is -2.26. The summed E-state index contributed by atoms with van der Waals surface area (Å²) < 4.78 is 10.4. The van der Waals surface area contributed by atoms with Crippen molar-refractivity contribution in [3.63, 3.8) is 0 Å². The van der Waals surface area contributed by atoms with Crippen molar-refractivity contribution in [1.82, 2.24) is 4.90 Å². The third-order valence-electron chi connectivity index (χ3n) is 3.86. The lowest BCUT2D eigenvalue weighted by Crippen LogP contribution is -2.33. The minimum absolute atomic E-state index is 0. The van der Waals surface area contributed by atoms with Gasteiger partial charge in [0, 0.05) is 25.9 Å². The fourth-order valence-electron chi connectivity index (χ4n) is 2.63. The first-order chi connectivity index (χ1) is 10.8. The molecule has 0 radical (unpaired) electrons. The van der Waals surface area contributed by atoms with Gasteiger partial charge in [0.05, 0.1) is 12.2 Å². The fraction of sp³-hybridized carbons (Fsp3) is 0.588. The summed E-state index contributed by atoms with van der Waals surface area (Å²) in [6.07, 6.45) is 3.82. The summed E-state index contributed by atoms with van der Waals surface area (Å²) >= 11 is 0. The van der Waals surface area contributed by atoms with Gasteiger partial charge in [-0.25, -0.2) is 4.79 Å². The Balaban J connectivity index is 0.00000264. The Kier molecular flexibility index (Phi) is 9.67. The maximum absolute atomic E-state index is 12.2. The number of piperidine rings is 1. The van der Waals surface area contributed by atoms with Gasteiger partial charge in [0.15, 0.2) is 0 Å². The number of carbonyl (C=O) groups excluding carboxylic acids is 1. The van der Waals surface area contributed by atoms with Crippen molar-refractivity contribution in [2.45, 2.75) is 19.3 Å². The minimum atomic E-state index is -0.266. The Hall–Kier alpha value is -1.30. The highest BCUT2D eigenvalue weighted by Crippen LogP contribution is 2.16. The third kappa shape index (κ3) is 6.77. The number of rotatable bonds is 8. The van der Waals surface area contributed by atoms with E-state index in [0.717, 1.165) is 25.3 Å². The summed E-state index contributed by atoms with van der Waals surface area (Å²) in [4.78, 5) is 14.6. The van der Waals surface area contributed by atoms with Gasteiger partial charge in [-0.2, -0.15) is 0 Å². The second-order valence-electron chi connectivity index (χ2n) is 5.50. The topological polar surface area (TPSA) is 50.8 Å². The molecule has 1 saturated heterocycles. The van der Waals surface area contributed by atoms with E-state index in [0.29, 0.717) is 25.3 Å². The predicted octanol–water partition coefficient (Wildman–Crippen LogP) is 2.81. The van der Waals surface area contributed by atoms with Crippen molar-refractivity contribution in [1.29, 1.82) is 0 Å². The molecule has 0 unspecified atom stereocenters. The molecule has 130 valence electrons. The Morgan fingerprint density at radius 2 is 1.91 bits per heavy atom. The molecule has 0 amide bonds. The minimum Gasteiger partial charge on any atom is -0.461 e. The summed E-state index contributed by atoms with van der Waals surface area (Å²) in [6, 6.07) is 7.43. The maximum Gasteiger partial charge on any atom is 0.340 e. The molecule has 1 aromatic rings. The smallest absolute Gasteiger partial charge is 0.340 e. The van der Waals surface area contributed by atoms with Crippen LogP contribution >= 0.6 is 12.4 Å². The molecule has 0 aliphatic carbocycles. The number of esters is 1. The van der Waals surface area contributed by atoms with Crippen LogP contribution in [0.5, 0.6) is 0 Å². The number of anilines is 1. The Morgan fingerprint density at radius 3 is 2.65 bits per heavy atom. The summed E-state index contributed by atoms with van der Waals surface area (Å²) in [5.74, 6) is -0.266. The van der Waals surface area contributed by atoms with E-state index in [1.54, 1.807) is 13.2 Å². The van der Waals surface area contributed by atoms with Gasteiger partial charge in [-0.3, -0.25) is 4.90 Å². The van der Waals surface area contributed by atoms with Crippen molar-refractivity contribution in [3.05, 3.63) is 29.8 Å². The van der Waals surface area contributed by atoms with Crippen LogP contribution in [0.25, 0.3) is 0 Å². The van der Waals surface area contributed by atoms with Crippen molar-refractivity contribution in [2.75, 3.05) is 51.8 Å². The van der Waals surface area contributed by atoms with Crippen molar-refractivity contribution >= 4 is 24.1 Å². The number of benzene rings is 1. The molecule has 0 aromatic heterocycles. The Bertz CT molecular complexity index is 465. The second kappa shape index (κ2) is 11.3. The number of halogens is 1. The second-order valence-corrected chi connectivity index (χ2v) is 5.50. The first kappa shape index (κ1) is 19.7. The van der Waals surface area contributed by atoms with Gasteiger partial charge >= 0.3 is 5.97 Å². The Morgan fingerprint density at radius 1 is 1.17 bits per heavy atom. The molecular formula is C17H27ClN2O3. The number of carbonyl (C=O) groups is 1. The Labute approximate surface area is 144 Å². The van der Waals surface area contributed by atoms with Crippen molar-refractivity contribution in [3.8, 4) is 0 Å². The van der Waals surface area contributed by atoms with E-state index in [1.807, 2.05) is 18.2 Å². The van der Waals surface area contributed by atoms with E-state index in [1.165, 1.54) is 19.3 Å². The van der Waals surface area contributed by atoms with E-state index in [-0.39, 0.29) is 18.4 Å². The zero-order valence-corrected chi connectivity index (χ0v) is 14.6. The molecule has 0 spiro atoms. The van der Waals surface area contributed by atoms with Crippen LogP contribution in [-0.4, -0.2) is 57.4 Å². The molecule has 1 aliphatic rings. The molecule has 0 bridgehead atoms. The van der Waals surface area contributed by atoms with E-state index in [4.69, 9.17) is 9.47 Å². The molecule has 1 aromatic carbocycles. The zero-order valence-electron chi connectivity index (χ0n) is 13.8. The summed E-state index contributed by atoms with van der Waals surface area (Å²) in [6.45, 7) is 4.77. The lowest BCUT2D eigenvalue weighted by atomic mass is 10.1. The first-order valence-electron chi connectivity index (χ1n) is 8.02. The SMILES string of the molecule is COCCNc1ccccc1C(=O)OCCN1CCCCC1.Cl. The van der Waals surface area contributed by atoms with Gasteiger partial charge < -0.3 is 14.8 Å². The largest absolute Gasteiger partial charge is 0.461 e. The fourth-order valence-corrected chi connectivity index (χ4v) is 2.63. The average molecular weight is 343 g/mol. The van der Waals surface area contributed by atoms with Crippen LogP contribution in [0, 0.1) is 0 Å². The first-order valence-corrected chi connectivity index (χ1v) is 8.02. The van der Waals surface area contributed by atoms with Crippen LogP contribution in [-0.2, 0) is 9.47 Å². The zero-order chi connectivity index (χ0) is 15.6. The van der Waals surface area contributed by atoms with Crippen LogP contribution in [0.15, 0.2) is 24.3 Å². The van der Waals surface area contributed by atoms with Crippen LogP contribution in [0.3, 0.4) is 0 Å². The van der Waals surface area contributed by atoms with E-state index in [2.05, 4.69) is 10.2 Å². The van der Waals surface area contributed by atoms with Crippen LogP contribution < -0.4 is 5.32 Å². The highest BCUT2D eigenvalue weighted by Gasteiger charge is 2.14. The van der Waals surface area contributed by atoms with E-state index >= 15 is 0 Å². The van der Waals surface area contributed by atoms with Crippen molar-refractivity contribution < 1.29 is 14.3 Å². The van der Waals surface area contributed by atoms with E-state index < -0.39 is 0 Å². The quantitative estimate of drug-likeness (QED) is 0.581. The maximum atomic E-state index is 12.2. The molecule has 0 atom stereocenters. The lowest BCUT2D eigenvalue weighted by molar-refractivity contribution is 0.0453. The third-order valence-corrected chi connectivity index (χ3v) is 3.86. The molecule has 0 saturated carbocycles. The average Bonchev–Trinajstić information content (AvgIpc) is 2.56. The van der Waals surface area contributed by atoms with E-state index in [9.17, 15) is 4.79 Å². The standard InChI is InChI=1S/C17H26N2O3.ClH/c1-21-13-9-18-16-8-4-3-7-15(16)17(20)22-14-12-19-10-5-2-6-11-19;/h3-4,7-8,18H,2,5-6,9-14H2,1H3;1H. The number of hydrogen-bond donors (Lipinski definition) is 1. The molecule has 6 heteroatoms. The van der Waals surface area contributed by atoms with Gasteiger partial charge in [-0.05, 0) is 38.1 Å². The molecular weight excluding hydrogens is 316 g/mol. The highest BCUT2D eigenvalue weighted by atomic mass is 35.5. The highest BCUT2D eigenvalue weighted by molar-refractivity contribution is 5.95. The molecule has 1 aliphatic heterocycles.